The van der Waals surface area contributed by atoms with Gasteiger partial charge in [-0.25, -0.2) is 0 Å². The van der Waals surface area contributed by atoms with Crippen molar-refractivity contribution in [2.45, 2.75) is 19.8 Å². The highest BCUT2D eigenvalue weighted by atomic mass is 16.6. The van der Waals surface area contributed by atoms with Gasteiger partial charge in [-0.05, 0) is 13.3 Å². The number of ketones is 1. The van der Waals surface area contributed by atoms with Gasteiger partial charge >= 0.3 is 5.69 Å². The molecule has 0 fully saturated rings. The number of hydrogen-bond acceptors (Lipinski definition) is 6. The minimum atomic E-state index is -0.903. The minimum absolute atomic E-state index is 0.0175. The zero-order valence-electron chi connectivity index (χ0n) is 9.45. The van der Waals surface area contributed by atoms with Crippen LogP contribution in [-0.4, -0.2) is 20.7 Å². The Bertz CT molecular complexity index is 525. The van der Waals surface area contributed by atoms with Gasteiger partial charge in [0.2, 0.25) is 0 Å². The minimum Gasteiger partial charge on any atom is -0.502 e. The van der Waals surface area contributed by atoms with E-state index in [1.165, 1.54) is 6.92 Å². The van der Waals surface area contributed by atoms with Crippen molar-refractivity contribution in [3.63, 3.8) is 0 Å². The van der Waals surface area contributed by atoms with Crippen molar-refractivity contribution in [3.8, 4) is 5.75 Å². The van der Waals surface area contributed by atoms with Crippen LogP contribution in [0.5, 0.6) is 5.75 Å². The average molecular weight is 254 g/mol. The summed E-state index contributed by atoms with van der Waals surface area (Å²) in [6, 6.07) is 1.72. The SMILES string of the molecule is CC(=O)CCc1cc([N+](=O)[O-])cc([N+](=O)[O-])c1O. The molecule has 0 atom stereocenters. The van der Waals surface area contributed by atoms with Gasteiger partial charge in [0.15, 0.2) is 5.75 Å². The van der Waals surface area contributed by atoms with Crippen molar-refractivity contribution in [1.82, 2.24) is 0 Å². The fourth-order valence-electron chi connectivity index (χ4n) is 1.41. The van der Waals surface area contributed by atoms with E-state index in [9.17, 15) is 30.1 Å². The second-order valence-corrected chi connectivity index (χ2v) is 3.69. The maximum atomic E-state index is 10.8. The van der Waals surface area contributed by atoms with Crippen LogP contribution in [0.3, 0.4) is 0 Å². The van der Waals surface area contributed by atoms with Crippen molar-refractivity contribution in [2.75, 3.05) is 0 Å². The molecule has 1 N–H and O–H groups in total. The molecule has 1 rings (SSSR count). The van der Waals surface area contributed by atoms with Gasteiger partial charge in [-0.3, -0.25) is 20.2 Å². The Kier molecular flexibility index (Phi) is 3.93. The van der Waals surface area contributed by atoms with E-state index in [0.717, 1.165) is 6.07 Å². The summed E-state index contributed by atoms with van der Waals surface area (Å²) < 4.78 is 0. The Labute approximate surface area is 101 Å². The summed E-state index contributed by atoms with van der Waals surface area (Å²) in [7, 11) is 0. The molecule has 0 bridgehead atoms. The largest absolute Gasteiger partial charge is 0.502 e. The van der Waals surface area contributed by atoms with Gasteiger partial charge in [0.05, 0.1) is 15.9 Å². The molecule has 0 aliphatic carbocycles. The first-order chi connectivity index (χ1) is 8.32. The molecule has 0 unspecified atom stereocenters. The van der Waals surface area contributed by atoms with Crippen LogP contribution in [0.15, 0.2) is 12.1 Å². The van der Waals surface area contributed by atoms with E-state index < -0.39 is 27.0 Å². The molecule has 0 saturated heterocycles. The molecule has 0 aliphatic heterocycles. The lowest BCUT2D eigenvalue weighted by Crippen LogP contribution is -1.99. The topological polar surface area (TPSA) is 124 Å². The molecular formula is C10H10N2O6. The number of aryl methyl sites for hydroxylation is 1. The molecule has 18 heavy (non-hydrogen) atoms. The molecule has 0 aliphatic rings. The van der Waals surface area contributed by atoms with Crippen molar-refractivity contribution >= 4 is 17.2 Å². The number of nitrogens with zero attached hydrogens (tertiary/aromatic N) is 2. The predicted molar refractivity (Wildman–Crippen MR) is 60.4 cm³/mol. The van der Waals surface area contributed by atoms with Crippen molar-refractivity contribution < 1.29 is 19.7 Å². The number of carbonyl (C=O) groups excluding carboxylic acids is 1. The number of nitro groups is 2. The fraction of sp³-hybridized carbons (Fsp3) is 0.300. The molecule has 0 heterocycles. The van der Waals surface area contributed by atoms with E-state index in [2.05, 4.69) is 0 Å². The smallest absolute Gasteiger partial charge is 0.317 e. The van der Waals surface area contributed by atoms with E-state index in [4.69, 9.17) is 0 Å². The highest BCUT2D eigenvalue weighted by Gasteiger charge is 2.23. The number of Topliss-reactive ketones (excluding diaryl/α,β-unsaturated/α-hetero) is 1. The van der Waals surface area contributed by atoms with Crippen molar-refractivity contribution in [2.24, 2.45) is 0 Å². The maximum absolute atomic E-state index is 10.8. The molecule has 0 amide bonds. The number of non-ortho nitro benzene ring substituents is 1. The first-order valence-corrected chi connectivity index (χ1v) is 4.97. The Morgan fingerprint density at radius 3 is 2.33 bits per heavy atom. The number of benzene rings is 1. The number of nitro benzene ring substituents is 2. The molecule has 1 aromatic rings. The van der Waals surface area contributed by atoms with E-state index >= 15 is 0 Å². The molecule has 8 heteroatoms. The van der Waals surface area contributed by atoms with E-state index in [0.29, 0.717) is 6.07 Å². The van der Waals surface area contributed by atoms with Gasteiger partial charge in [0.1, 0.15) is 5.78 Å². The Morgan fingerprint density at radius 1 is 1.28 bits per heavy atom. The van der Waals surface area contributed by atoms with Gasteiger partial charge in [-0.2, -0.15) is 0 Å². The zero-order valence-corrected chi connectivity index (χ0v) is 9.45. The first-order valence-electron chi connectivity index (χ1n) is 4.97. The monoisotopic (exact) mass is 254 g/mol. The van der Waals surface area contributed by atoms with E-state index in [1.54, 1.807) is 0 Å². The van der Waals surface area contributed by atoms with Crippen molar-refractivity contribution in [1.29, 1.82) is 0 Å². The number of rotatable bonds is 5. The molecule has 0 aromatic heterocycles. The Balaban J connectivity index is 3.26. The molecule has 8 nitrogen and oxygen atoms in total. The first kappa shape index (κ1) is 13.6. The van der Waals surface area contributed by atoms with Crippen LogP contribution in [-0.2, 0) is 11.2 Å². The van der Waals surface area contributed by atoms with Gasteiger partial charge in [0.25, 0.3) is 5.69 Å². The number of hydrogen-bond donors (Lipinski definition) is 1. The molecule has 1 aromatic carbocycles. The van der Waals surface area contributed by atoms with E-state index in [-0.39, 0.29) is 24.2 Å². The molecule has 96 valence electrons. The lowest BCUT2D eigenvalue weighted by atomic mass is 10.0. The average Bonchev–Trinajstić information content (AvgIpc) is 2.26. The summed E-state index contributed by atoms with van der Waals surface area (Å²) in [5, 5.41) is 30.9. The molecule has 0 radical (unpaired) electrons. The highest BCUT2D eigenvalue weighted by molar-refractivity contribution is 5.76. The van der Waals surface area contributed by atoms with Crippen LogP contribution in [0.25, 0.3) is 0 Å². The Morgan fingerprint density at radius 2 is 1.89 bits per heavy atom. The van der Waals surface area contributed by atoms with Crippen LogP contribution in [0.2, 0.25) is 0 Å². The maximum Gasteiger partial charge on any atom is 0.317 e. The number of phenols is 1. The second-order valence-electron chi connectivity index (χ2n) is 3.69. The summed E-state index contributed by atoms with van der Waals surface area (Å²) in [6.07, 6.45) is 0.0650. The normalized spacial score (nSPS) is 10.1. The summed E-state index contributed by atoms with van der Waals surface area (Å²) in [6.45, 7) is 1.32. The zero-order chi connectivity index (χ0) is 13.9. The fourth-order valence-corrected chi connectivity index (χ4v) is 1.41. The quantitative estimate of drug-likeness (QED) is 0.630. The molecular weight excluding hydrogens is 244 g/mol. The third-order valence-electron chi connectivity index (χ3n) is 2.31. The number of carbonyl (C=O) groups is 1. The number of aromatic hydroxyl groups is 1. The second kappa shape index (κ2) is 5.21. The van der Waals surface area contributed by atoms with Gasteiger partial charge in [-0.1, -0.05) is 0 Å². The van der Waals surface area contributed by atoms with Crippen LogP contribution < -0.4 is 0 Å². The van der Waals surface area contributed by atoms with E-state index in [1.807, 2.05) is 0 Å². The van der Waals surface area contributed by atoms with Crippen molar-refractivity contribution in [3.05, 3.63) is 37.9 Å². The Hall–Kier alpha value is -2.51. The van der Waals surface area contributed by atoms with Crippen LogP contribution in [0.4, 0.5) is 11.4 Å². The van der Waals surface area contributed by atoms with Crippen LogP contribution >= 0.6 is 0 Å². The van der Waals surface area contributed by atoms with Gasteiger partial charge in [-0.15, -0.1) is 0 Å². The van der Waals surface area contributed by atoms with Crippen LogP contribution in [0.1, 0.15) is 18.9 Å². The highest BCUT2D eigenvalue weighted by Crippen LogP contribution is 2.34. The summed E-state index contributed by atoms with van der Waals surface area (Å²) >= 11 is 0. The van der Waals surface area contributed by atoms with Crippen LogP contribution in [0, 0.1) is 20.2 Å². The lowest BCUT2D eigenvalue weighted by molar-refractivity contribution is -0.394. The molecule has 0 spiro atoms. The standard InChI is InChI=1S/C10H10N2O6/c1-6(13)2-3-7-4-8(11(15)16)5-9(10(7)14)12(17)18/h4-5,14H,2-3H2,1H3. The summed E-state index contributed by atoms with van der Waals surface area (Å²) in [5.41, 5.74) is -1.20. The summed E-state index contributed by atoms with van der Waals surface area (Å²) in [4.78, 5) is 30.4. The number of phenolic OH excluding ortho intramolecular Hbond substituents is 1. The third kappa shape index (κ3) is 3.00. The lowest BCUT2D eigenvalue weighted by Gasteiger charge is -2.04. The predicted octanol–water partition coefficient (Wildman–Crippen LogP) is 1.73. The molecule has 0 saturated carbocycles. The summed E-state index contributed by atoms with van der Waals surface area (Å²) in [5.74, 6) is -0.810. The van der Waals surface area contributed by atoms with Gasteiger partial charge in [0, 0.05) is 18.1 Å². The van der Waals surface area contributed by atoms with Gasteiger partial charge < -0.3 is 9.90 Å². The third-order valence-corrected chi connectivity index (χ3v) is 2.31.